The number of nitrogens with one attached hydrogen (secondary N) is 1. The summed E-state index contributed by atoms with van der Waals surface area (Å²) in [7, 11) is 3.07. The molecule has 0 bridgehead atoms. The number of carbonyl (C=O) groups is 5. The van der Waals surface area contributed by atoms with Crippen LogP contribution in [0.4, 0.5) is 5.69 Å². The van der Waals surface area contributed by atoms with E-state index in [2.05, 4.69) is 16.9 Å². The summed E-state index contributed by atoms with van der Waals surface area (Å²) in [6.45, 7) is 8.45. The van der Waals surface area contributed by atoms with Gasteiger partial charge in [-0.3, -0.25) is 24.0 Å². The van der Waals surface area contributed by atoms with Gasteiger partial charge in [0.1, 0.15) is 0 Å². The van der Waals surface area contributed by atoms with Gasteiger partial charge in [-0.1, -0.05) is 60.7 Å². The lowest BCUT2D eigenvalue weighted by Gasteiger charge is -2.29. The minimum Gasteiger partial charge on any atom is -0.465 e. The van der Waals surface area contributed by atoms with E-state index >= 15 is 0 Å². The van der Waals surface area contributed by atoms with Crippen molar-refractivity contribution in [1.29, 1.82) is 0 Å². The average Bonchev–Trinajstić information content (AvgIpc) is 3.02. The number of aromatic nitrogens is 1. The fraction of sp³-hybridized carbons (Fsp3) is 0.294. The summed E-state index contributed by atoms with van der Waals surface area (Å²) in [6, 6.07) is 17.7. The molecule has 0 atom stereocenters. The molecule has 11 heteroatoms. The second-order valence-electron chi connectivity index (χ2n) is 10.2. The maximum atomic E-state index is 13.4. The molecule has 3 aromatic rings. The van der Waals surface area contributed by atoms with Gasteiger partial charge in [0, 0.05) is 32.1 Å². The number of amides is 2. The maximum absolute atomic E-state index is 13.4. The van der Waals surface area contributed by atoms with Crippen molar-refractivity contribution in [2.45, 2.75) is 33.6 Å². The van der Waals surface area contributed by atoms with E-state index in [9.17, 15) is 24.0 Å². The van der Waals surface area contributed by atoms with Crippen molar-refractivity contribution >= 4 is 35.4 Å². The Balaban J connectivity index is 1.87. The van der Waals surface area contributed by atoms with E-state index in [1.165, 1.54) is 38.2 Å². The third-order valence-corrected chi connectivity index (χ3v) is 6.92. The van der Waals surface area contributed by atoms with Gasteiger partial charge in [0.25, 0.3) is 11.8 Å². The van der Waals surface area contributed by atoms with Crippen LogP contribution in [-0.2, 0) is 23.9 Å². The highest BCUT2D eigenvalue weighted by molar-refractivity contribution is 6.11. The zero-order chi connectivity index (χ0) is 33.1. The second-order valence-corrected chi connectivity index (χ2v) is 10.2. The van der Waals surface area contributed by atoms with Crippen LogP contribution in [-0.4, -0.2) is 66.9 Å². The van der Waals surface area contributed by atoms with E-state index in [0.717, 1.165) is 5.56 Å². The zero-order valence-electron chi connectivity index (χ0n) is 26.0. The van der Waals surface area contributed by atoms with Crippen LogP contribution in [0.3, 0.4) is 0 Å². The van der Waals surface area contributed by atoms with Crippen molar-refractivity contribution in [2.24, 2.45) is 5.41 Å². The molecule has 2 amide bonds. The number of pyridine rings is 1. The van der Waals surface area contributed by atoms with Crippen molar-refractivity contribution in [3.63, 3.8) is 0 Å². The fourth-order valence-electron chi connectivity index (χ4n) is 4.56. The van der Waals surface area contributed by atoms with Gasteiger partial charge >= 0.3 is 17.9 Å². The molecule has 1 heterocycles. The number of hydrogen-bond donors (Lipinski definition) is 1. The van der Waals surface area contributed by atoms with Crippen LogP contribution < -0.4 is 10.1 Å². The normalized spacial score (nSPS) is 10.8. The Morgan fingerprint density at radius 1 is 0.889 bits per heavy atom. The highest BCUT2D eigenvalue weighted by atomic mass is 16.6. The number of hydrogen-bond acceptors (Lipinski definition) is 9. The van der Waals surface area contributed by atoms with Crippen LogP contribution in [0.1, 0.15) is 54.3 Å². The average molecular weight is 616 g/mol. The Morgan fingerprint density at radius 3 is 2.07 bits per heavy atom. The van der Waals surface area contributed by atoms with E-state index in [-0.39, 0.29) is 42.3 Å². The summed E-state index contributed by atoms with van der Waals surface area (Å²) >= 11 is 0. The number of carbonyl (C=O) groups excluding carboxylic acids is 5. The fourth-order valence-corrected chi connectivity index (χ4v) is 4.56. The molecule has 3 rings (SSSR count). The molecule has 11 nitrogen and oxygen atoms in total. The van der Waals surface area contributed by atoms with Gasteiger partial charge in [-0.05, 0) is 44.4 Å². The van der Waals surface area contributed by atoms with Gasteiger partial charge in [0.2, 0.25) is 5.88 Å². The van der Waals surface area contributed by atoms with E-state index in [1.807, 2.05) is 42.5 Å². The molecular weight excluding hydrogens is 578 g/mol. The summed E-state index contributed by atoms with van der Waals surface area (Å²) in [4.78, 5) is 70.6. The van der Waals surface area contributed by atoms with Crippen molar-refractivity contribution in [3.8, 4) is 17.0 Å². The third kappa shape index (κ3) is 7.99. The van der Waals surface area contributed by atoms with Crippen LogP contribution in [0, 0.1) is 5.41 Å². The summed E-state index contributed by atoms with van der Waals surface area (Å²) in [5.41, 5.74) is 0.296. The molecule has 1 N–H and O–H groups in total. The first kappa shape index (κ1) is 34.2. The smallest absolute Gasteiger partial charge is 0.327 e. The van der Waals surface area contributed by atoms with Crippen molar-refractivity contribution in [1.82, 2.24) is 9.88 Å². The minimum atomic E-state index is -1.91. The monoisotopic (exact) mass is 615 g/mol. The number of benzene rings is 2. The summed E-state index contributed by atoms with van der Waals surface area (Å²) in [6.07, 6.45) is 0.493. The summed E-state index contributed by atoms with van der Waals surface area (Å²) in [5.74, 6) is -3.76. The first-order valence-electron chi connectivity index (χ1n) is 14.3. The van der Waals surface area contributed by atoms with E-state index in [4.69, 9.17) is 14.2 Å². The first-order valence-corrected chi connectivity index (χ1v) is 14.3. The predicted molar refractivity (Wildman–Crippen MR) is 167 cm³/mol. The Bertz CT molecular complexity index is 1570. The lowest BCUT2D eigenvalue weighted by Crippen LogP contribution is -2.43. The van der Waals surface area contributed by atoms with Crippen LogP contribution in [0.5, 0.6) is 5.88 Å². The van der Waals surface area contributed by atoms with E-state index < -0.39 is 41.6 Å². The predicted octanol–water partition coefficient (Wildman–Crippen LogP) is 5.08. The highest BCUT2D eigenvalue weighted by Gasteiger charge is 2.50. The molecule has 2 aromatic carbocycles. The molecule has 0 saturated carbocycles. The number of ether oxygens (including phenoxy) is 3. The molecule has 0 radical (unpaired) electrons. The first-order chi connectivity index (χ1) is 21.5. The van der Waals surface area contributed by atoms with Crippen molar-refractivity contribution < 1.29 is 38.2 Å². The quantitative estimate of drug-likeness (QED) is 0.158. The molecule has 0 aliphatic rings. The molecule has 45 heavy (non-hydrogen) atoms. The van der Waals surface area contributed by atoms with Gasteiger partial charge in [-0.2, -0.15) is 0 Å². The van der Waals surface area contributed by atoms with Gasteiger partial charge in [0.05, 0.1) is 30.7 Å². The second kappa shape index (κ2) is 15.4. The topological polar surface area (TPSA) is 141 Å². The van der Waals surface area contributed by atoms with Crippen LogP contribution >= 0.6 is 0 Å². The third-order valence-electron chi connectivity index (χ3n) is 6.92. The van der Waals surface area contributed by atoms with Crippen LogP contribution in [0.2, 0.25) is 0 Å². The largest absolute Gasteiger partial charge is 0.465 e. The van der Waals surface area contributed by atoms with Crippen molar-refractivity contribution in [3.05, 3.63) is 90.1 Å². The Labute approximate surface area is 262 Å². The Hall–Kier alpha value is -5.32. The summed E-state index contributed by atoms with van der Waals surface area (Å²) in [5, 5.41) is 2.76. The molecule has 0 saturated heterocycles. The minimum absolute atomic E-state index is 0.00500. The number of anilines is 1. The summed E-state index contributed by atoms with van der Waals surface area (Å²) < 4.78 is 15.6. The van der Waals surface area contributed by atoms with Gasteiger partial charge in [-0.25, -0.2) is 4.98 Å². The molecule has 0 fully saturated rings. The molecule has 0 spiro atoms. The van der Waals surface area contributed by atoms with Crippen molar-refractivity contribution in [2.75, 3.05) is 32.6 Å². The number of rotatable bonds is 13. The van der Waals surface area contributed by atoms with Gasteiger partial charge < -0.3 is 24.4 Å². The Kier molecular flexibility index (Phi) is 11.7. The number of esters is 3. The van der Waals surface area contributed by atoms with Gasteiger partial charge in [0.15, 0.2) is 5.41 Å². The van der Waals surface area contributed by atoms with E-state index in [1.54, 1.807) is 26.0 Å². The Morgan fingerprint density at radius 2 is 1.49 bits per heavy atom. The number of nitrogens with zero attached hydrogens (tertiary/aromatic N) is 2. The highest BCUT2D eigenvalue weighted by Crippen LogP contribution is 2.36. The molecule has 1 aromatic heterocycles. The van der Waals surface area contributed by atoms with Gasteiger partial charge in [-0.15, -0.1) is 0 Å². The van der Waals surface area contributed by atoms with Crippen LogP contribution in [0.25, 0.3) is 11.1 Å². The molecule has 0 unspecified atom stereocenters. The molecule has 0 aliphatic heterocycles. The SMILES string of the molecule is C=C(C)C(CCC(=O)Oc1cc(C(=O)N(C)C)c(NC(=O)c2ccccc2-c2ccccc2)cn1)(C(=O)OCC)C(=O)OCC. The molecule has 0 aliphatic carbocycles. The lowest BCUT2D eigenvalue weighted by atomic mass is 9.77. The maximum Gasteiger partial charge on any atom is 0.327 e. The molecule has 236 valence electrons. The standard InChI is InChI=1S/C34H37N3O8/c1-7-43-32(41)34(22(3)4,33(42)44-8-2)19-18-29(38)45-28-20-26(31(40)37(5)6)27(21-35-28)36-30(39)25-17-13-12-16-24(25)23-14-10-9-11-15-23/h9-17,20-21H,3,7-8,18-19H2,1-2,4-6H3,(H,36,39). The van der Waals surface area contributed by atoms with Crippen LogP contribution in [0.15, 0.2) is 79.0 Å². The zero-order valence-corrected chi connectivity index (χ0v) is 26.0. The molecular formula is C34H37N3O8. The lowest BCUT2D eigenvalue weighted by molar-refractivity contribution is -0.169. The van der Waals surface area contributed by atoms with E-state index in [0.29, 0.717) is 11.1 Å².